The van der Waals surface area contributed by atoms with Gasteiger partial charge in [-0.05, 0) is 24.3 Å². The van der Waals surface area contributed by atoms with E-state index in [-0.39, 0.29) is 28.4 Å². The quantitative estimate of drug-likeness (QED) is 0.615. The molecule has 142 valence electrons. The lowest BCUT2D eigenvalue weighted by atomic mass is 10.1. The molecule has 0 bridgehead atoms. The first-order valence-electron chi connectivity index (χ1n) is 7.03. The van der Waals surface area contributed by atoms with Gasteiger partial charge in [0.1, 0.15) is 5.76 Å². The molecule has 0 saturated heterocycles. The lowest BCUT2D eigenvalue weighted by Crippen LogP contribution is -2.10. The van der Waals surface area contributed by atoms with E-state index in [0.29, 0.717) is 0 Å². The van der Waals surface area contributed by atoms with E-state index < -0.39 is 34.0 Å². The molecule has 0 atom stereocenters. The maximum Gasteiger partial charge on any atom is 0.445 e. The van der Waals surface area contributed by atoms with Crippen LogP contribution in [0.2, 0.25) is 0 Å². The SMILES string of the molecule is O=C(Nc1nnc(C(F)(F)F)s1)c1ccc(-c2cccc(C(F)(F)F)c2)o1. The van der Waals surface area contributed by atoms with Crippen LogP contribution in [0.1, 0.15) is 21.1 Å². The molecule has 0 unspecified atom stereocenters. The Morgan fingerprint density at radius 1 is 1.00 bits per heavy atom. The van der Waals surface area contributed by atoms with Crippen molar-refractivity contribution in [2.75, 3.05) is 5.32 Å². The first kappa shape index (κ1) is 18.9. The lowest BCUT2D eigenvalue weighted by molar-refractivity contribution is -0.138. The molecule has 0 aliphatic rings. The van der Waals surface area contributed by atoms with Crippen LogP contribution in [-0.2, 0) is 12.4 Å². The molecule has 1 aromatic carbocycles. The molecule has 1 N–H and O–H groups in total. The maximum atomic E-state index is 12.8. The minimum Gasteiger partial charge on any atom is -0.451 e. The number of nitrogens with zero attached hydrogens (tertiary/aromatic N) is 2. The van der Waals surface area contributed by atoms with E-state index in [1.165, 1.54) is 24.3 Å². The second-order valence-electron chi connectivity index (χ2n) is 5.11. The van der Waals surface area contributed by atoms with Crippen LogP contribution in [0.15, 0.2) is 40.8 Å². The van der Waals surface area contributed by atoms with Crippen LogP contribution in [0.3, 0.4) is 0 Å². The standard InChI is InChI=1S/C15H7F6N3O2S/c16-14(17,18)8-3-1-2-7(6-8)9-4-5-10(26-9)11(25)22-13-24-23-12(27-13)15(19,20)21/h1-6H,(H,22,24,25). The lowest BCUT2D eigenvalue weighted by Gasteiger charge is -2.07. The third-order valence-corrected chi connectivity index (χ3v) is 4.08. The second kappa shape index (κ2) is 6.68. The molecule has 2 aromatic heterocycles. The molecule has 0 radical (unpaired) electrons. The van der Waals surface area contributed by atoms with E-state index in [2.05, 4.69) is 15.5 Å². The van der Waals surface area contributed by atoms with Crippen molar-refractivity contribution in [1.29, 1.82) is 0 Å². The van der Waals surface area contributed by atoms with Gasteiger partial charge in [0.25, 0.3) is 5.91 Å². The highest BCUT2D eigenvalue weighted by molar-refractivity contribution is 7.15. The van der Waals surface area contributed by atoms with Gasteiger partial charge in [0.15, 0.2) is 5.76 Å². The summed E-state index contributed by atoms with van der Waals surface area (Å²) in [6.45, 7) is 0. The summed E-state index contributed by atoms with van der Waals surface area (Å²) in [5.74, 6) is -1.25. The number of aromatic nitrogens is 2. The van der Waals surface area contributed by atoms with Gasteiger partial charge in [0.2, 0.25) is 10.1 Å². The van der Waals surface area contributed by atoms with Gasteiger partial charge in [0.05, 0.1) is 5.56 Å². The summed E-state index contributed by atoms with van der Waals surface area (Å²) >= 11 is 0.125. The Labute approximate surface area is 150 Å². The van der Waals surface area contributed by atoms with Gasteiger partial charge in [-0.2, -0.15) is 26.3 Å². The molecule has 3 rings (SSSR count). The number of nitrogens with one attached hydrogen (secondary N) is 1. The Morgan fingerprint density at radius 3 is 2.37 bits per heavy atom. The first-order chi connectivity index (χ1) is 12.5. The van der Waals surface area contributed by atoms with Gasteiger partial charge in [-0.25, -0.2) is 0 Å². The number of alkyl halides is 6. The maximum absolute atomic E-state index is 12.8. The summed E-state index contributed by atoms with van der Waals surface area (Å²) in [6.07, 6.45) is -9.24. The number of hydrogen-bond donors (Lipinski definition) is 1. The molecular formula is C15H7F6N3O2S. The molecule has 12 heteroatoms. The zero-order valence-corrected chi connectivity index (χ0v) is 13.7. The summed E-state index contributed by atoms with van der Waals surface area (Å²) in [5.41, 5.74) is -0.810. The topological polar surface area (TPSA) is 68.0 Å². The van der Waals surface area contributed by atoms with E-state index in [1.54, 1.807) is 0 Å². The average Bonchev–Trinajstić information content (AvgIpc) is 3.23. The fraction of sp³-hybridized carbons (Fsp3) is 0.133. The summed E-state index contributed by atoms with van der Waals surface area (Å²) in [5, 5.41) is 6.56. The van der Waals surface area contributed by atoms with Crippen molar-refractivity contribution in [3.05, 3.63) is 52.7 Å². The minimum atomic E-state index is -4.69. The number of benzene rings is 1. The van der Waals surface area contributed by atoms with Gasteiger partial charge >= 0.3 is 12.4 Å². The summed E-state index contributed by atoms with van der Waals surface area (Å²) < 4.78 is 80.9. The Balaban J connectivity index is 1.78. The van der Waals surface area contributed by atoms with Crippen molar-refractivity contribution in [2.45, 2.75) is 12.4 Å². The van der Waals surface area contributed by atoms with Crippen molar-refractivity contribution < 1.29 is 35.6 Å². The molecule has 5 nitrogen and oxygen atoms in total. The third-order valence-electron chi connectivity index (χ3n) is 3.19. The van der Waals surface area contributed by atoms with Crippen molar-refractivity contribution in [2.24, 2.45) is 0 Å². The van der Waals surface area contributed by atoms with E-state index in [4.69, 9.17) is 4.42 Å². The number of hydrogen-bond acceptors (Lipinski definition) is 5. The molecule has 0 spiro atoms. The monoisotopic (exact) mass is 407 g/mol. The van der Waals surface area contributed by atoms with Crippen LogP contribution in [0.25, 0.3) is 11.3 Å². The first-order valence-corrected chi connectivity index (χ1v) is 7.85. The summed E-state index contributed by atoms with van der Waals surface area (Å²) in [6, 6.07) is 6.72. The highest BCUT2D eigenvalue weighted by Gasteiger charge is 2.36. The van der Waals surface area contributed by atoms with Gasteiger partial charge in [-0.15, -0.1) is 10.2 Å². The molecule has 0 saturated carbocycles. The van der Waals surface area contributed by atoms with Crippen molar-refractivity contribution in [3.63, 3.8) is 0 Å². The third kappa shape index (κ3) is 4.27. The van der Waals surface area contributed by atoms with E-state index in [1.807, 2.05) is 0 Å². The molecule has 2 heterocycles. The normalized spacial score (nSPS) is 12.2. The smallest absolute Gasteiger partial charge is 0.445 e. The molecule has 3 aromatic rings. The van der Waals surface area contributed by atoms with Crippen LogP contribution in [-0.4, -0.2) is 16.1 Å². The van der Waals surface area contributed by atoms with Gasteiger partial charge in [-0.3, -0.25) is 10.1 Å². The second-order valence-corrected chi connectivity index (χ2v) is 6.08. The minimum absolute atomic E-state index is 0.0144. The highest BCUT2D eigenvalue weighted by atomic mass is 32.1. The van der Waals surface area contributed by atoms with Crippen LogP contribution in [0.5, 0.6) is 0 Å². The van der Waals surface area contributed by atoms with E-state index in [0.717, 1.165) is 12.1 Å². The van der Waals surface area contributed by atoms with Crippen LogP contribution >= 0.6 is 11.3 Å². The number of halogens is 6. The fourth-order valence-corrected chi connectivity index (χ4v) is 2.62. The predicted octanol–water partition coefficient (Wildman–Crippen LogP) is 5.09. The highest BCUT2D eigenvalue weighted by Crippen LogP contribution is 2.34. The molecular weight excluding hydrogens is 400 g/mol. The Kier molecular flexibility index (Phi) is 4.68. The van der Waals surface area contributed by atoms with E-state index in [9.17, 15) is 31.1 Å². The molecule has 27 heavy (non-hydrogen) atoms. The fourth-order valence-electron chi connectivity index (χ4n) is 2.01. The number of rotatable bonds is 3. The number of furan rings is 1. The molecule has 1 amide bonds. The van der Waals surface area contributed by atoms with Crippen LogP contribution < -0.4 is 5.32 Å². The van der Waals surface area contributed by atoms with Crippen LogP contribution in [0, 0.1) is 0 Å². The number of carbonyl (C=O) groups is 1. The van der Waals surface area contributed by atoms with Crippen LogP contribution in [0.4, 0.5) is 31.5 Å². The van der Waals surface area contributed by atoms with Crippen molar-refractivity contribution in [1.82, 2.24) is 10.2 Å². The summed E-state index contributed by atoms with van der Waals surface area (Å²) in [7, 11) is 0. The molecule has 0 aliphatic heterocycles. The Hall–Kier alpha value is -2.89. The summed E-state index contributed by atoms with van der Waals surface area (Å²) in [4.78, 5) is 12.0. The van der Waals surface area contributed by atoms with E-state index >= 15 is 0 Å². The molecule has 0 aliphatic carbocycles. The number of carbonyl (C=O) groups excluding carboxylic acids is 1. The number of amides is 1. The average molecular weight is 407 g/mol. The van der Waals surface area contributed by atoms with Gasteiger partial charge in [0, 0.05) is 5.56 Å². The predicted molar refractivity (Wildman–Crippen MR) is 82.0 cm³/mol. The Morgan fingerprint density at radius 2 is 1.74 bits per heavy atom. The zero-order chi connectivity index (χ0) is 19.8. The Bertz CT molecular complexity index is 976. The largest absolute Gasteiger partial charge is 0.451 e. The van der Waals surface area contributed by atoms with Crippen molar-refractivity contribution in [3.8, 4) is 11.3 Å². The van der Waals surface area contributed by atoms with Gasteiger partial charge in [-0.1, -0.05) is 23.5 Å². The van der Waals surface area contributed by atoms with Crippen molar-refractivity contribution >= 4 is 22.4 Å². The van der Waals surface area contributed by atoms with Gasteiger partial charge < -0.3 is 4.42 Å². The molecule has 0 fully saturated rings. The zero-order valence-electron chi connectivity index (χ0n) is 12.9. The number of anilines is 1.